The first-order chi connectivity index (χ1) is 34.3. The second kappa shape index (κ2) is 33.8. The summed E-state index contributed by atoms with van der Waals surface area (Å²) in [7, 11) is 0. The maximum atomic E-state index is 13.9. The zero-order valence-electron chi connectivity index (χ0n) is 42.5. The lowest BCUT2D eigenvalue weighted by molar-refractivity contribution is -0.143. The molecule has 8 atom stereocenters. The predicted octanol–water partition coefficient (Wildman–Crippen LogP) is -3.61. The van der Waals surface area contributed by atoms with Gasteiger partial charge in [0.1, 0.15) is 48.0 Å². The molecular weight excluding hydrogens is 973 g/mol. The number of guanidine groups is 1. The maximum Gasteiger partial charge on any atom is 0.326 e. The molecule has 1 aromatic carbocycles. The van der Waals surface area contributed by atoms with Crippen molar-refractivity contribution in [3.05, 3.63) is 29.8 Å². The van der Waals surface area contributed by atoms with Crippen LogP contribution in [0.1, 0.15) is 91.5 Å². The fourth-order valence-electron chi connectivity index (χ4n) is 6.93. The Morgan fingerprint density at radius 2 is 1.18 bits per heavy atom. The highest BCUT2D eigenvalue weighted by atomic mass is 32.2. The van der Waals surface area contributed by atoms with Gasteiger partial charge in [-0.1, -0.05) is 39.8 Å². The first kappa shape index (κ1) is 64.3. The van der Waals surface area contributed by atoms with Gasteiger partial charge in [-0.3, -0.25) is 48.1 Å². The van der Waals surface area contributed by atoms with Crippen molar-refractivity contribution in [3.8, 4) is 5.75 Å². The van der Waals surface area contributed by atoms with E-state index in [0.717, 1.165) is 0 Å². The lowest BCUT2D eigenvalue weighted by Crippen LogP contribution is -2.59. The number of thioether (sulfide) groups is 1. The Balaban J connectivity index is 3.27. The summed E-state index contributed by atoms with van der Waals surface area (Å²) in [6.07, 6.45) is 2.52. The van der Waals surface area contributed by atoms with Crippen LogP contribution in [0, 0.1) is 11.8 Å². The van der Waals surface area contributed by atoms with E-state index in [1.165, 1.54) is 43.0 Å². The third-order valence-electron chi connectivity index (χ3n) is 10.9. The van der Waals surface area contributed by atoms with Gasteiger partial charge in [0.25, 0.3) is 0 Å². The van der Waals surface area contributed by atoms with Crippen LogP contribution >= 0.6 is 11.8 Å². The highest BCUT2D eigenvalue weighted by Crippen LogP contribution is 2.13. The van der Waals surface area contributed by atoms with Crippen molar-refractivity contribution in [2.24, 2.45) is 45.5 Å². The van der Waals surface area contributed by atoms with E-state index in [4.69, 9.17) is 28.7 Å². The Labute approximate surface area is 429 Å². The number of hydrogen-bond acceptors (Lipinski definition) is 15. The molecule has 0 unspecified atom stereocenters. The molecule has 0 saturated heterocycles. The molecule has 1 aromatic rings. The van der Waals surface area contributed by atoms with Crippen molar-refractivity contribution in [1.82, 2.24) is 42.5 Å². The Kier molecular flexibility index (Phi) is 29.8. The Hall–Kier alpha value is -6.74. The van der Waals surface area contributed by atoms with E-state index >= 15 is 0 Å². The molecule has 9 amide bonds. The summed E-state index contributed by atoms with van der Waals surface area (Å²) >= 11 is 1.38. The molecule has 410 valence electrons. The smallest absolute Gasteiger partial charge is 0.326 e. The monoisotopic (exact) mass is 1050 g/mol. The number of nitrogens with one attached hydrogen (secondary N) is 8. The van der Waals surface area contributed by atoms with Crippen molar-refractivity contribution >= 4 is 76.9 Å². The number of nitrogens with zero attached hydrogens (tertiary/aromatic N) is 1. The molecule has 73 heavy (non-hydrogen) atoms. The van der Waals surface area contributed by atoms with Gasteiger partial charge in [0, 0.05) is 13.0 Å². The first-order valence-electron chi connectivity index (χ1n) is 24.0. The minimum atomic E-state index is -1.36. The average Bonchev–Trinajstić information content (AvgIpc) is 3.31. The van der Waals surface area contributed by atoms with Crippen LogP contribution in [0.25, 0.3) is 0 Å². The second-order valence-corrected chi connectivity index (χ2v) is 19.2. The van der Waals surface area contributed by atoms with Crippen LogP contribution in [0.2, 0.25) is 0 Å². The van der Waals surface area contributed by atoms with Gasteiger partial charge in [-0.2, -0.15) is 11.8 Å². The second-order valence-electron chi connectivity index (χ2n) is 18.2. The number of hydrogen-bond donors (Lipinski definition) is 15. The fourth-order valence-corrected chi connectivity index (χ4v) is 7.40. The summed E-state index contributed by atoms with van der Waals surface area (Å²) in [5, 5.41) is 39.9. The molecule has 0 aliphatic heterocycles. The highest BCUT2D eigenvalue weighted by molar-refractivity contribution is 7.98. The summed E-state index contributed by atoms with van der Waals surface area (Å²) in [6.45, 7) is 7.84. The number of aliphatic imine (C=N–C) groups is 1. The van der Waals surface area contributed by atoms with E-state index in [-0.39, 0.29) is 69.2 Å². The molecular formula is C46H78N14O12S. The fraction of sp³-hybridized carbons (Fsp3) is 0.630. The van der Waals surface area contributed by atoms with E-state index in [1.807, 2.05) is 0 Å². The number of carbonyl (C=O) groups is 10. The van der Waals surface area contributed by atoms with E-state index in [9.17, 15) is 58.2 Å². The Morgan fingerprint density at radius 1 is 0.644 bits per heavy atom. The molecule has 1 rings (SSSR count). The van der Waals surface area contributed by atoms with Crippen molar-refractivity contribution in [2.45, 2.75) is 141 Å². The lowest BCUT2D eigenvalue weighted by atomic mass is 10.0. The number of amides is 9. The topological polar surface area (TPSA) is 450 Å². The largest absolute Gasteiger partial charge is 0.508 e. The third-order valence-corrected chi connectivity index (χ3v) is 11.6. The molecule has 26 nitrogen and oxygen atoms in total. The van der Waals surface area contributed by atoms with Gasteiger partial charge in [-0.05, 0) is 100.0 Å². The first-order valence-corrected chi connectivity index (χ1v) is 25.4. The summed E-state index contributed by atoms with van der Waals surface area (Å²) in [4.78, 5) is 135. The van der Waals surface area contributed by atoms with Crippen LogP contribution in [0.3, 0.4) is 0 Å². The number of nitrogens with two attached hydrogens (primary N) is 5. The number of carbonyl (C=O) groups excluding carboxylic acids is 9. The van der Waals surface area contributed by atoms with Gasteiger partial charge >= 0.3 is 5.97 Å². The number of benzene rings is 1. The number of carboxylic acids is 1. The van der Waals surface area contributed by atoms with Gasteiger partial charge in [0.2, 0.25) is 53.2 Å². The van der Waals surface area contributed by atoms with Crippen LogP contribution in [0.4, 0.5) is 0 Å². The Bertz CT molecular complexity index is 2040. The number of aromatic hydroxyl groups is 1. The molecule has 0 aliphatic rings. The van der Waals surface area contributed by atoms with E-state index in [2.05, 4.69) is 47.5 Å². The molecule has 0 radical (unpaired) electrons. The summed E-state index contributed by atoms with van der Waals surface area (Å²) < 4.78 is 0. The summed E-state index contributed by atoms with van der Waals surface area (Å²) in [6, 6.07) is -4.40. The average molecular weight is 1050 g/mol. The van der Waals surface area contributed by atoms with Crippen molar-refractivity contribution in [3.63, 3.8) is 0 Å². The predicted molar refractivity (Wildman–Crippen MR) is 274 cm³/mol. The third kappa shape index (κ3) is 26.0. The number of phenols is 1. The summed E-state index contributed by atoms with van der Waals surface area (Å²) in [5.74, 6) is -9.00. The minimum Gasteiger partial charge on any atom is -0.508 e. The molecule has 0 aliphatic carbocycles. The number of rotatable bonds is 35. The molecule has 0 aromatic heterocycles. The molecule has 0 spiro atoms. The van der Waals surface area contributed by atoms with Crippen LogP contribution in [-0.2, 0) is 54.4 Å². The number of carboxylic acid groups (broad SMARTS) is 1. The lowest BCUT2D eigenvalue weighted by Gasteiger charge is -2.27. The standard InChI is InChI=1S/C46H78N14O12S/c1-24(2)20-34(45(71)72)59-43(69)31(11-9-18-52-46(50)51)56-42(68)30(10-7-8-17-47)57-44(70)37(25(3)4)60-36(63)23-53-40(66)33(21-27-12-14-28(61)15-13-27)58-38(64)26(5)54-41(67)32(16-19-73-6)55-39(65)29(48)22-35(49)62/h12-15,24-26,29-34,37,61H,7-11,16-23,47-48H2,1-6H3,(H2,49,62)(H,53,66)(H,54,67)(H,55,65)(H,56,68)(H,57,70)(H,58,64)(H,59,69)(H,60,63)(H,71,72)(H4,50,51,52)/t26-,29-,30-,31-,32-,33-,34-,37-/m0/s1. The molecule has 27 heteroatoms. The van der Waals surface area contributed by atoms with Gasteiger partial charge in [-0.15, -0.1) is 0 Å². The van der Waals surface area contributed by atoms with E-state index < -0.39 is 126 Å². The SMILES string of the molecule is CSCC[C@H](NC(=O)[C@@H](N)CC(N)=O)C(=O)N[C@@H](C)C(=O)N[C@@H](Cc1ccc(O)cc1)C(=O)NCC(=O)N[C@H](C(=O)N[C@@H](CCCCN)C(=O)N[C@@H](CCCN=C(N)N)C(=O)N[C@@H](CC(C)C)C(=O)O)C(C)C. The van der Waals surface area contributed by atoms with Crippen molar-refractivity contribution < 1.29 is 58.2 Å². The highest BCUT2D eigenvalue weighted by Gasteiger charge is 2.34. The van der Waals surface area contributed by atoms with Crippen molar-refractivity contribution in [2.75, 3.05) is 31.6 Å². The van der Waals surface area contributed by atoms with Gasteiger partial charge in [-0.25, -0.2) is 4.79 Å². The van der Waals surface area contributed by atoms with Crippen LogP contribution < -0.4 is 71.2 Å². The molecule has 0 heterocycles. The van der Waals surface area contributed by atoms with E-state index in [1.54, 1.807) is 34.0 Å². The van der Waals surface area contributed by atoms with Crippen LogP contribution in [-0.4, -0.2) is 155 Å². The zero-order valence-corrected chi connectivity index (χ0v) is 43.3. The molecule has 0 bridgehead atoms. The zero-order chi connectivity index (χ0) is 55.4. The number of phenolic OH excluding ortho intramolecular Hbond substituents is 1. The van der Waals surface area contributed by atoms with Crippen LogP contribution in [0.5, 0.6) is 5.75 Å². The minimum absolute atomic E-state index is 0.00512. The quantitative estimate of drug-likeness (QED) is 0.0177. The number of primary amides is 1. The van der Waals surface area contributed by atoms with Gasteiger partial charge < -0.3 is 81.4 Å². The molecule has 20 N–H and O–H groups in total. The normalized spacial score (nSPS) is 14.3. The number of aliphatic carboxylic acids is 1. The number of unbranched alkanes of at least 4 members (excludes halogenated alkanes) is 1. The molecule has 0 fully saturated rings. The summed E-state index contributed by atoms with van der Waals surface area (Å²) in [5.41, 5.74) is 28.0. The molecule has 0 saturated carbocycles. The Morgan fingerprint density at radius 3 is 1.71 bits per heavy atom. The van der Waals surface area contributed by atoms with Crippen LogP contribution in [0.15, 0.2) is 29.3 Å². The van der Waals surface area contributed by atoms with E-state index in [0.29, 0.717) is 24.2 Å². The maximum absolute atomic E-state index is 13.9. The van der Waals surface area contributed by atoms with Gasteiger partial charge in [0.05, 0.1) is 19.0 Å². The van der Waals surface area contributed by atoms with Gasteiger partial charge in [0.15, 0.2) is 5.96 Å². The van der Waals surface area contributed by atoms with Crippen molar-refractivity contribution in [1.29, 1.82) is 0 Å².